The summed E-state index contributed by atoms with van der Waals surface area (Å²) in [6, 6.07) is 4.48. The number of benzene rings is 1. The van der Waals surface area contributed by atoms with Gasteiger partial charge in [0.15, 0.2) is 11.5 Å². The first-order chi connectivity index (χ1) is 8.99. The van der Waals surface area contributed by atoms with Crippen LogP contribution in [0.3, 0.4) is 0 Å². The lowest BCUT2D eigenvalue weighted by Crippen LogP contribution is -2.39. The van der Waals surface area contributed by atoms with Gasteiger partial charge in [-0.25, -0.2) is 0 Å². The van der Waals surface area contributed by atoms with E-state index < -0.39 is 0 Å². The van der Waals surface area contributed by atoms with E-state index in [2.05, 4.69) is 6.92 Å². The first-order valence-electron chi connectivity index (χ1n) is 6.78. The van der Waals surface area contributed by atoms with Crippen LogP contribution >= 0.6 is 0 Å². The number of aromatic hydroxyl groups is 2. The number of carbonyl (C=O) groups excluding carboxylic acids is 1. The molecule has 104 valence electrons. The Morgan fingerprint density at radius 2 is 1.79 bits per heavy atom. The van der Waals surface area contributed by atoms with Gasteiger partial charge in [-0.15, -0.1) is 0 Å². The van der Waals surface area contributed by atoms with E-state index in [1.807, 2.05) is 7.05 Å². The van der Waals surface area contributed by atoms with Gasteiger partial charge in [0.2, 0.25) is 0 Å². The zero-order chi connectivity index (χ0) is 14.0. The Bertz CT molecular complexity index is 464. The van der Waals surface area contributed by atoms with E-state index in [0.717, 1.165) is 31.6 Å². The maximum absolute atomic E-state index is 12.3. The molecular formula is C15H21NO3. The molecule has 1 amide bonds. The smallest absolute Gasteiger partial charge is 0.253 e. The molecule has 1 aromatic carbocycles. The van der Waals surface area contributed by atoms with Crippen molar-refractivity contribution >= 4 is 5.91 Å². The second-order valence-electron chi connectivity index (χ2n) is 5.53. The van der Waals surface area contributed by atoms with Crippen LogP contribution in [-0.4, -0.2) is 34.1 Å². The van der Waals surface area contributed by atoms with Crippen LogP contribution in [0.1, 0.15) is 43.0 Å². The highest BCUT2D eigenvalue weighted by Crippen LogP contribution is 2.29. The standard InChI is InChI=1S/C15H21NO3/c1-10-3-6-12(7-4-10)16(2)15(19)11-5-8-13(17)14(18)9-11/h5,8-10,12,17-18H,3-4,6-7H2,1-2H3. The quantitative estimate of drug-likeness (QED) is 0.806. The van der Waals surface area contributed by atoms with Crippen molar-refractivity contribution < 1.29 is 15.0 Å². The molecule has 4 nitrogen and oxygen atoms in total. The average Bonchev–Trinajstić information content (AvgIpc) is 2.41. The molecule has 1 aliphatic rings. The molecule has 19 heavy (non-hydrogen) atoms. The van der Waals surface area contributed by atoms with Crippen LogP contribution in [0.5, 0.6) is 11.5 Å². The minimum absolute atomic E-state index is 0.102. The molecule has 1 fully saturated rings. The zero-order valence-corrected chi connectivity index (χ0v) is 11.5. The topological polar surface area (TPSA) is 60.8 Å². The molecule has 0 spiro atoms. The van der Waals surface area contributed by atoms with Crippen LogP contribution in [0, 0.1) is 5.92 Å². The minimum atomic E-state index is -0.253. The molecule has 2 N–H and O–H groups in total. The van der Waals surface area contributed by atoms with E-state index in [1.54, 1.807) is 11.0 Å². The number of phenols is 2. The number of phenolic OH excluding ortho intramolecular Hbond substituents is 2. The summed E-state index contributed by atoms with van der Waals surface area (Å²) >= 11 is 0. The lowest BCUT2D eigenvalue weighted by molar-refractivity contribution is 0.0679. The van der Waals surface area contributed by atoms with Crippen molar-refractivity contribution in [2.45, 2.75) is 38.6 Å². The normalized spacial score (nSPS) is 23.1. The molecule has 0 saturated heterocycles. The lowest BCUT2D eigenvalue weighted by Gasteiger charge is -2.33. The Morgan fingerprint density at radius 1 is 1.16 bits per heavy atom. The summed E-state index contributed by atoms with van der Waals surface area (Å²) in [5.41, 5.74) is 0.413. The fraction of sp³-hybridized carbons (Fsp3) is 0.533. The molecule has 1 aliphatic carbocycles. The van der Waals surface area contributed by atoms with Gasteiger partial charge in [-0.1, -0.05) is 6.92 Å². The van der Waals surface area contributed by atoms with Gasteiger partial charge in [0.05, 0.1) is 0 Å². The minimum Gasteiger partial charge on any atom is -0.504 e. The first kappa shape index (κ1) is 13.7. The van der Waals surface area contributed by atoms with E-state index in [0.29, 0.717) is 5.56 Å². The van der Waals surface area contributed by atoms with E-state index in [1.165, 1.54) is 12.1 Å². The van der Waals surface area contributed by atoms with Crippen LogP contribution in [0.15, 0.2) is 18.2 Å². The van der Waals surface area contributed by atoms with Gasteiger partial charge in [-0.05, 0) is 49.8 Å². The summed E-state index contributed by atoms with van der Waals surface area (Å²) in [5, 5.41) is 18.7. The molecule has 1 aromatic rings. The summed E-state index contributed by atoms with van der Waals surface area (Å²) in [6.07, 6.45) is 4.38. The van der Waals surface area contributed by atoms with Gasteiger partial charge in [-0.2, -0.15) is 0 Å². The molecule has 0 bridgehead atoms. The lowest BCUT2D eigenvalue weighted by atomic mass is 9.86. The number of rotatable bonds is 2. The Balaban J connectivity index is 2.08. The van der Waals surface area contributed by atoms with Crippen molar-refractivity contribution in [3.8, 4) is 11.5 Å². The maximum Gasteiger partial charge on any atom is 0.253 e. The van der Waals surface area contributed by atoms with E-state index >= 15 is 0 Å². The molecule has 0 heterocycles. The van der Waals surface area contributed by atoms with Crippen LogP contribution < -0.4 is 0 Å². The van der Waals surface area contributed by atoms with Crippen molar-refractivity contribution in [2.75, 3.05) is 7.05 Å². The molecule has 0 unspecified atom stereocenters. The summed E-state index contributed by atoms with van der Waals surface area (Å²) in [6.45, 7) is 2.25. The van der Waals surface area contributed by atoms with Crippen molar-refractivity contribution in [1.82, 2.24) is 4.90 Å². The predicted octanol–water partition coefficient (Wildman–Crippen LogP) is 2.75. The summed E-state index contributed by atoms with van der Waals surface area (Å²) in [4.78, 5) is 14.1. The highest BCUT2D eigenvalue weighted by molar-refractivity contribution is 5.94. The van der Waals surface area contributed by atoms with Gasteiger partial charge >= 0.3 is 0 Å². The summed E-state index contributed by atoms with van der Waals surface area (Å²) < 4.78 is 0. The molecule has 4 heteroatoms. The Morgan fingerprint density at radius 3 is 2.37 bits per heavy atom. The number of nitrogens with zero attached hydrogens (tertiary/aromatic N) is 1. The van der Waals surface area contributed by atoms with Crippen molar-refractivity contribution in [3.63, 3.8) is 0 Å². The van der Waals surface area contributed by atoms with Crippen LogP contribution in [-0.2, 0) is 0 Å². The Labute approximate surface area is 113 Å². The van der Waals surface area contributed by atoms with Crippen LogP contribution in [0.25, 0.3) is 0 Å². The van der Waals surface area contributed by atoms with Crippen molar-refractivity contribution in [2.24, 2.45) is 5.92 Å². The predicted molar refractivity (Wildman–Crippen MR) is 73.3 cm³/mol. The fourth-order valence-electron chi connectivity index (χ4n) is 2.66. The average molecular weight is 263 g/mol. The van der Waals surface area contributed by atoms with Gasteiger partial charge in [0, 0.05) is 18.7 Å². The number of amides is 1. The Hall–Kier alpha value is -1.71. The number of hydrogen-bond donors (Lipinski definition) is 2. The molecule has 0 aromatic heterocycles. The highest BCUT2D eigenvalue weighted by Gasteiger charge is 2.25. The van der Waals surface area contributed by atoms with Crippen LogP contribution in [0.4, 0.5) is 0 Å². The van der Waals surface area contributed by atoms with Gasteiger partial charge in [0.1, 0.15) is 0 Å². The third-order valence-electron chi connectivity index (χ3n) is 4.08. The molecular weight excluding hydrogens is 242 g/mol. The summed E-state index contributed by atoms with van der Waals surface area (Å²) in [5.74, 6) is 0.189. The van der Waals surface area contributed by atoms with Gasteiger partial charge in [0.25, 0.3) is 5.91 Å². The highest BCUT2D eigenvalue weighted by atomic mass is 16.3. The second kappa shape index (κ2) is 5.51. The Kier molecular flexibility index (Phi) is 3.98. The van der Waals surface area contributed by atoms with Crippen LogP contribution in [0.2, 0.25) is 0 Å². The zero-order valence-electron chi connectivity index (χ0n) is 11.5. The first-order valence-corrected chi connectivity index (χ1v) is 6.78. The number of carbonyl (C=O) groups is 1. The monoisotopic (exact) mass is 263 g/mol. The number of hydrogen-bond acceptors (Lipinski definition) is 3. The second-order valence-corrected chi connectivity index (χ2v) is 5.53. The fourth-order valence-corrected chi connectivity index (χ4v) is 2.66. The van der Waals surface area contributed by atoms with E-state index in [4.69, 9.17) is 0 Å². The summed E-state index contributed by atoms with van der Waals surface area (Å²) in [7, 11) is 1.81. The van der Waals surface area contributed by atoms with E-state index in [9.17, 15) is 15.0 Å². The van der Waals surface area contributed by atoms with Gasteiger partial charge < -0.3 is 15.1 Å². The largest absolute Gasteiger partial charge is 0.504 e. The third-order valence-corrected chi connectivity index (χ3v) is 4.08. The molecule has 1 saturated carbocycles. The molecule has 0 radical (unpaired) electrons. The molecule has 0 atom stereocenters. The van der Waals surface area contributed by atoms with Crippen molar-refractivity contribution in [1.29, 1.82) is 0 Å². The van der Waals surface area contributed by atoms with Gasteiger partial charge in [-0.3, -0.25) is 4.79 Å². The van der Waals surface area contributed by atoms with E-state index in [-0.39, 0.29) is 23.4 Å². The SMILES string of the molecule is CC1CCC(N(C)C(=O)c2ccc(O)c(O)c2)CC1. The molecule has 2 rings (SSSR count). The third kappa shape index (κ3) is 3.00. The maximum atomic E-state index is 12.3. The molecule has 0 aliphatic heterocycles. The van der Waals surface area contributed by atoms with Crippen molar-refractivity contribution in [3.05, 3.63) is 23.8 Å².